The van der Waals surface area contributed by atoms with Gasteiger partial charge in [0.15, 0.2) is 12.4 Å². The molecule has 1 N–H and O–H groups in total. The van der Waals surface area contributed by atoms with Crippen LogP contribution in [0.15, 0.2) is 36.7 Å². The van der Waals surface area contributed by atoms with Gasteiger partial charge in [0.1, 0.15) is 17.1 Å². The molecule has 2 heterocycles. The molecule has 1 saturated heterocycles. The highest BCUT2D eigenvalue weighted by atomic mass is 16.5. The number of amides is 1. The summed E-state index contributed by atoms with van der Waals surface area (Å²) in [7, 11) is 0. The molecule has 28 heavy (non-hydrogen) atoms. The van der Waals surface area contributed by atoms with Crippen LogP contribution in [0.1, 0.15) is 24.2 Å². The lowest BCUT2D eigenvalue weighted by atomic mass is 10.2. The molecule has 1 fully saturated rings. The molecule has 2 aromatic rings. The lowest BCUT2D eigenvalue weighted by molar-refractivity contribution is -0.605. The monoisotopic (exact) mass is 387 g/mol. The number of hydrogen-bond donors (Lipinski definition) is 1. The Kier molecular flexibility index (Phi) is 6.54. The van der Waals surface area contributed by atoms with Gasteiger partial charge < -0.3 is 29.6 Å². The van der Waals surface area contributed by atoms with Gasteiger partial charge in [-0.05, 0) is 19.9 Å². The first kappa shape index (κ1) is 19.8. The van der Waals surface area contributed by atoms with Gasteiger partial charge in [-0.1, -0.05) is 0 Å². The zero-order chi connectivity index (χ0) is 19.9. The first-order valence-corrected chi connectivity index (χ1v) is 9.39. The number of ether oxygens (including phenoxy) is 3. The van der Waals surface area contributed by atoms with Gasteiger partial charge in [-0.2, -0.15) is 4.73 Å². The SMILES string of the molecule is CCOc1cc(N2CCOCC2)c(OCC)cc1NC(=O)c1ccc[n+]([O-])c1. The molecular formula is C20H25N3O5. The van der Waals surface area contributed by atoms with Crippen LogP contribution in [0.3, 0.4) is 0 Å². The summed E-state index contributed by atoms with van der Waals surface area (Å²) in [5.41, 5.74) is 1.66. The second-order valence-electron chi connectivity index (χ2n) is 6.19. The fraction of sp³-hybridized carbons (Fsp3) is 0.400. The van der Waals surface area contributed by atoms with Crippen molar-refractivity contribution in [2.24, 2.45) is 0 Å². The van der Waals surface area contributed by atoms with E-state index >= 15 is 0 Å². The van der Waals surface area contributed by atoms with Gasteiger partial charge >= 0.3 is 0 Å². The number of carbonyl (C=O) groups is 1. The van der Waals surface area contributed by atoms with Crippen molar-refractivity contribution in [1.82, 2.24) is 0 Å². The minimum absolute atomic E-state index is 0.259. The molecule has 0 bridgehead atoms. The summed E-state index contributed by atoms with van der Waals surface area (Å²) in [6, 6.07) is 6.76. The Bertz CT molecular complexity index is 821. The molecule has 0 radical (unpaired) electrons. The van der Waals surface area contributed by atoms with Crippen LogP contribution in [-0.2, 0) is 4.74 Å². The highest BCUT2D eigenvalue weighted by Crippen LogP contribution is 2.39. The molecule has 3 rings (SSSR count). The van der Waals surface area contributed by atoms with Crippen LogP contribution in [0.5, 0.6) is 11.5 Å². The predicted octanol–water partition coefficient (Wildman–Crippen LogP) is 2.21. The van der Waals surface area contributed by atoms with E-state index in [0.29, 0.717) is 48.3 Å². The van der Waals surface area contributed by atoms with Gasteiger partial charge in [0.05, 0.1) is 37.8 Å². The average Bonchev–Trinajstić information content (AvgIpc) is 2.70. The molecule has 0 saturated carbocycles. The smallest absolute Gasteiger partial charge is 0.261 e. The normalized spacial score (nSPS) is 13.9. The lowest BCUT2D eigenvalue weighted by Gasteiger charge is -2.31. The van der Waals surface area contributed by atoms with Crippen molar-refractivity contribution in [3.8, 4) is 11.5 Å². The quantitative estimate of drug-likeness (QED) is 0.579. The molecule has 1 aliphatic rings. The summed E-state index contributed by atoms with van der Waals surface area (Å²) < 4.78 is 17.6. The van der Waals surface area contributed by atoms with Gasteiger partial charge in [0, 0.05) is 31.3 Å². The molecule has 1 aliphatic heterocycles. The fourth-order valence-corrected chi connectivity index (χ4v) is 3.03. The molecule has 0 atom stereocenters. The molecule has 8 nitrogen and oxygen atoms in total. The molecule has 0 spiro atoms. The van der Waals surface area contributed by atoms with Crippen LogP contribution in [0.4, 0.5) is 11.4 Å². The highest BCUT2D eigenvalue weighted by molar-refractivity contribution is 6.05. The van der Waals surface area contributed by atoms with E-state index in [9.17, 15) is 10.0 Å². The number of nitrogens with zero attached hydrogens (tertiary/aromatic N) is 2. The van der Waals surface area contributed by atoms with Gasteiger partial charge in [-0.25, -0.2) is 0 Å². The van der Waals surface area contributed by atoms with E-state index in [-0.39, 0.29) is 5.56 Å². The third-order valence-corrected chi connectivity index (χ3v) is 4.30. The second-order valence-corrected chi connectivity index (χ2v) is 6.19. The maximum atomic E-state index is 12.6. The van der Waals surface area contributed by atoms with Crippen LogP contribution < -0.4 is 24.4 Å². The Balaban J connectivity index is 1.94. The van der Waals surface area contributed by atoms with Gasteiger partial charge in [-0.15, -0.1) is 0 Å². The summed E-state index contributed by atoms with van der Waals surface area (Å²) in [5.74, 6) is 0.814. The molecule has 1 aromatic carbocycles. The van der Waals surface area contributed by atoms with Crippen molar-refractivity contribution in [3.05, 3.63) is 47.4 Å². The van der Waals surface area contributed by atoms with Gasteiger partial charge in [0.2, 0.25) is 0 Å². The van der Waals surface area contributed by atoms with Crippen LogP contribution in [0.25, 0.3) is 0 Å². The van der Waals surface area contributed by atoms with Crippen molar-refractivity contribution in [2.75, 3.05) is 49.7 Å². The Morgan fingerprint density at radius 3 is 2.61 bits per heavy atom. The van der Waals surface area contributed by atoms with Crippen LogP contribution in [0, 0.1) is 5.21 Å². The maximum Gasteiger partial charge on any atom is 0.261 e. The zero-order valence-electron chi connectivity index (χ0n) is 16.1. The summed E-state index contributed by atoms with van der Waals surface area (Å²) in [5, 5.41) is 14.3. The Morgan fingerprint density at radius 2 is 1.93 bits per heavy atom. The van der Waals surface area contributed by atoms with E-state index in [1.165, 1.54) is 18.5 Å². The van der Waals surface area contributed by atoms with E-state index in [2.05, 4.69) is 10.2 Å². The average molecular weight is 387 g/mol. The number of carbonyl (C=O) groups excluding carboxylic acids is 1. The number of benzene rings is 1. The zero-order valence-corrected chi connectivity index (χ0v) is 16.1. The predicted molar refractivity (Wildman–Crippen MR) is 105 cm³/mol. The fourth-order valence-electron chi connectivity index (χ4n) is 3.03. The minimum Gasteiger partial charge on any atom is -0.619 e. The number of pyridine rings is 1. The number of aromatic nitrogens is 1. The lowest BCUT2D eigenvalue weighted by Crippen LogP contribution is -2.36. The van der Waals surface area contributed by atoms with E-state index < -0.39 is 5.91 Å². The van der Waals surface area contributed by atoms with Gasteiger partial charge in [0.25, 0.3) is 5.91 Å². The molecular weight excluding hydrogens is 362 g/mol. The number of hydrogen-bond acceptors (Lipinski definition) is 6. The summed E-state index contributed by atoms with van der Waals surface area (Å²) in [4.78, 5) is 14.8. The number of rotatable bonds is 7. The largest absolute Gasteiger partial charge is 0.619 e. The van der Waals surface area contributed by atoms with Crippen molar-refractivity contribution < 1.29 is 23.7 Å². The Hall–Kier alpha value is -3.00. The van der Waals surface area contributed by atoms with E-state index in [1.807, 2.05) is 19.9 Å². The number of morpholine rings is 1. The number of anilines is 2. The summed E-state index contributed by atoms with van der Waals surface area (Å²) >= 11 is 0. The maximum absolute atomic E-state index is 12.6. The van der Waals surface area contributed by atoms with E-state index in [0.717, 1.165) is 18.8 Å². The third-order valence-electron chi connectivity index (χ3n) is 4.30. The molecule has 8 heteroatoms. The first-order chi connectivity index (χ1) is 13.6. The molecule has 0 unspecified atom stereocenters. The Morgan fingerprint density at radius 1 is 1.21 bits per heavy atom. The summed E-state index contributed by atoms with van der Waals surface area (Å²) in [6.45, 7) is 7.55. The van der Waals surface area contributed by atoms with E-state index in [1.54, 1.807) is 12.1 Å². The van der Waals surface area contributed by atoms with Crippen LogP contribution in [-0.4, -0.2) is 45.4 Å². The standard InChI is InChI=1S/C20H25N3O5/c1-3-27-18-13-17(22-8-10-26-11-9-22)19(28-4-2)12-16(18)21-20(24)15-6-5-7-23(25)14-15/h5-7,12-14H,3-4,8-11H2,1-2H3,(H,21,24). The van der Waals surface area contributed by atoms with Crippen molar-refractivity contribution in [3.63, 3.8) is 0 Å². The molecule has 150 valence electrons. The van der Waals surface area contributed by atoms with E-state index in [4.69, 9.17) is 14.2 Å². The van der Waals surface area contributed by atoms with Crippen LogP contribution >= 0.6 is 0 Å². The van der Waals surface area contributed by atoms with Gasteiger partial charge in [-0.3, -0.25) is 4.79 Å². The number of nitrogens with one attached hydrogen (secondary N) is 1. The molecule has 1 amide bonds. The first-order valence-electron chi connectivity index (χ1n) is 9.39. The molecule has 1 aromatic heterocycles. The highest BCUT2D eigenvalue weighted by Gasteiger charge is 2.21. The van der Waals surface area contributed by atoms with Crippen molar-refractivity contribution in [1.29, 1.82) is 0 Å². The third kappa shape index (κ3) is 4.64. The summed E-state index contributed by atoms with van der Waals surface area (Å²) in [6.07, 6.45) is 2.55. The molecule has 0 aliphatic carbocycles. The van der Waals surface area contributed by atoms with Crippen LogP contribution in [0.2, 0.25) is 0 Å². The second kappa shape index (κ2) is 9.27. The topological polar surface area (TPSA) is 87.0 Å². The Labute approximate surface area is 164 Å². The minimum atomic E-state index is -0.396. The van der Waals surface area contributed by atoms with Crippen molar-refractivity contribution >= 4 is 17.3 Å². The van der Waals surface area contributed by atoms with Crippen molar-refractivity contribution in [2.45, 2.75) is 13.8 Å².